The van der Waals surface area contributed by atoms with Crippen LogP contribution in [0.3, 0.4) is 0 Å². The molecule has 2 aromatic heterocycles. The second kappa shape index (κ2) is 8.75. The second-order valence-electron chi connectivity index (χ2n) is 7.36. The van der Waals surface area contributed by atoms with E-state index in [1.807, 2.05) is 19.3 Å². The van der Waals surface area contributed by atoms with Gasteiger partial charge in [0.05, 0.1) is 6.20 Å². The third kappa shape index (κ3) is 4.65. The van der Waals surface area contributed by atoms with Crippen LogP contribution < -0.4 is 10.2 Å². The van der Waals surface area contributed by atoms with E-state index in [9.17, 15) is 4.79 Å². The van der Waals surface area contributed by atoms with Crippen molar-refractivity contribution >= 4 is 22.9 Å². The quantitative estimate of drug-likeness (QED) is 0.676. The van der Waals surface area contributed by atoms with Gasteiger partial charge in [-0.2, -0.15) is 5.10 Å². The Morgan fingerprint density at radius 1 is 1.21 bits per heavy atom. The number of rotatable bonds is 6. The molecule has 4 rings (SSSR count). The van der Waals surface area contributed by atoms with Crippen molar-refractivity contribution in [3.8, 4) is 10.6 Å². The Morgan fingerprint density at radius 2 is 1.97 bits per heavy atom. The zero-order chi connectivity index (χ0) is 20.2. The van der Waals surface area contributed by atoms with Crippen LogP contribution in [0.1, 0.15) is 17.4 Å². The van der Waals surface area contributed by atoms with Crippen molar-refractivity contribution in [2.24, 2.45) is 7.05 Å². The van der Waals surface area contributed by atoms with E-state index in [0.717, 1.165) is 36.8 Å². The number of aromatic nitrogens is 3. The van der Waals surface area contributed by atoms with Gasteiger partial charge < -0.3 is 10.2 Å². The largest absolute Gasteiger partial charge is 0.369 e. The molecule has 0 radical (unpaired) electrons. The standard InChI is InChI=1S/C21H26N6OS/c1-16(26-8-10-27(11-9-26)18-6-4-3-5-7-18)12-22-20(28)19-15-29-21(24-19)17-13-23-25(2)14-17/h3-7,13-16H,8-12H2,1-2H3,(H,22,28). The van der Waals surface area contributed by atoms with Gasteiger partial charge in [-0.3, -0.25) is 14.4 Å². The highest BCUT2D eigenvalue weighted by atomic mass is 32.1. The summed E-state index contributed by atoms with van der Waals surface area (Å²) >= 11 is 1.46. The number of nitrogens with one attached hydrogen (secondary N) is 1. The third-order valence-corrected chi connectivity index (χ3v) is 6.20. The van der Waals surface area contributed by atoms with Crippen molar-refractivity contribution in [3.63, 3.8) is 0 Å². The molecule has 0 saturated carbocycles. The van der Waals surface area contributed by atoms with E-state index < -0.39 is 0 Å². The number of carbonyl (C=O) groups is 1. The average molecular weight is 411 g/mol. The summed E-state index contributed by atoms with van der Waals surface area (Å²) in [5.74, 6) is -0.119. The summed E-state index contributed by atoms with van der Waals surface area (Å²) in [7, 11) is 1.87. The van der Waals surface area contributed by atoms with Crippen molar-refractivity contribution in [3.05, 3.63) is 53.8 Å². The highest BCUT2D eigenvalue weighted by Gasteiger charge is 2.22. The first-order valence-electron chi connectivity index (χ1n) is 9.87. The van der Waals surface area contributed by atoms with Crippen molar-refractivity contribution in [2.45, 2.75) is 13.0 Å². The molecule has 1 saturated heterocycles. The van der Waals surface area contributed by atoms with Gasteiger partial charge in [0.1, 0.15) is 10.7 Å². The maximum absolute atomic E-state index is 12.5. The van der Waals surface area contributed by atoms with E-state index in [1.165, 1.54) is 17.0 Å². The van der Waals surface area contributed by atoms with Gasteiger partial charge >= 0.3 is 0 Å². The van der Waals surface area contributed by atoms with E-state index in [1.54, 1.807) is 16.3 Å². The number of anilines is 1. The maximum Gasteiger partial charge on any atom is 0.270 e. The number of amides is 1. The second-order valence-corrected chi connectivity index (χ2v) is 8.22. The summed E-state index contributed by atoms with van der Waals surface area (Å²) in [4.78, 5) is 21.8. The Kier molecular flexibility index (Phi) is 5.92. The Labute approximate surface area is 175 Å². The van der Waals surface area contributed by atoms with E-state index in [0.29, 0.717) is 12.2 Å². The van der Waals surface area contributed by atoms with E-state index in [2.05, 4.69) is 56.4 Å². The van der Waals surface area contributed by atoms with E-state index in [4.69, 9.17) is 0 Å². The number of piperazine rings is 1. The molecule has 29 heavy (non-hydrogen) atoms. The van der Waals surface area contributed by atoms with Crippen LogP contribution in [0.2, 0.25) is 0 Å². The van der Waals surface area contributed by atoms with Crippen LogP contribution in [0.4, 0.5) is 5.69 Å². The molecule has 7 nitrogen and oxygen atoms in total. The molecule has 1 atom stereocenters. The number of thiazole rings is 1. The van der Waals surface area contributed by atoms with Gasteiger partial charge in [0.15, 0.2) is 0 Å². The molecule has 1 aliphatic rings. The van der Waals surface area contributed by atoms with E-state index >= 15 is 0 Å². The predicted molar refractivity (Wildman–Crippen MR) is 116 cm³/mol. The third-order valence-electron chi connectivity index (χ3n) is 5.31. The van der Waals surface area contributed by atoms with Gasteiger partial charge in [0, 0.05) is 68.6 Å². The number of aryl methyl sites for hydroxylation is 1. The Balaban J connectivity index is 1.26. The summed E-state index contributed by atoms with van der Waals surface area (Å²) in [6.45, 7) is 6.78. The minimum absolute atomic E-state index is 0.119. The van der Waals surface area contributed by atoms with Crippen LogP contribution >= 0.6 is 11.3 Å². The molecule has 0 spiro atoms. The summed E-state index contributed by atoms with van der Waals surface area (Å²) in [6.07, 6.45) is 3.66. The zero-order valence-corrected chi connectivity index (χ0v) is 17.6. The van der Waals surface area contributed by atoms with Crippen molar-refractivity contribution in [2.75, 3.05) is 37.6 Å². The molecule has 1 amide bonds. The Morgan fingerprint density at radius 3 is 2.66 bits per heavy atom. The first-order chi connectivity index (χ1) is 14.1. The fraction of sp³-hybridized carbons (Fsp3) is 0.381. The minimum atomic E-state index is -0.119. The van der Waals surface area contributed by atoms with Crippen LogP contribution in [0.5, 0.6) is 0 Å². The van der Waals surface area contributed by atoms with Crippen LogP contribution in [0.25, 0.3) is 10.6 Å². The molecular weight excluding hydrogens is 384 g/mol. The lowest BCUT2D eigenvalue weighted by molar-refractivity contribution is 0.0930. The minimum Gasteiger partial charge on any atom is -0.369 e. The normalized spacial score (nSPS) is 16.0. The molecule has 1 unspecified atom stereocenters. The average Bonchev–Trinajstić information content (AvgIpc) is 3.42. The Bertz CT molecular complexity index is 945. The SMILES string of the molecule is CC(CNC(=O)c1csc(-c2cnn(C)c2)n1)N1CCN(c2ccccc2)CC1. The maximum atomic E-state index is 12.5. The van der Waals surface area contributed by atoms with Crippen LogP contribution in [0.15, 0.2) is 48.1 Å². The van der Waals surface area contributed by atoms with Gasteiger partial charge in [0.25, 0.3) is 5.91 Å². The molecule has 1 aliphatic heterocycles. The molecule has 1 fully saturated rings. The fourth-order valence-electron chi connectivity index (χ4n) is 3.56. The highest BCUT2D eigenvalue weighted by Crippen LogP contribution is 2.23. The zero-order valence-electron chi connectivity index (χ0n) is 16.8. The van der Waals surface area contributed by atoms with Gasteiger partial charge in [-0.1, -0.05) is 18.2 Å². The lowest BCUT2D eigenvalue weighted by atomic mass is 10.2. The summed E-state index contributed by atoms with van der Waals surface area (Å²) in [5.41, 5.74) is 2.68. The molecule has 1 N–H and O–H groups in total. The summed E-state index contributed by atoms with van der Waals surface area (Å²) in [5, 5.41) is 9.81. The molecule has 1 aromatic carbocycles. The summed E-state index contributed by atoms with van der Waals surface area (Å²) in [6, 6.07) is 10.8. The Hall–Kier alpha value is -2.71. The predicted octanol–water partition coefficient (Wildman–Crippen LogP) is 2.48. The molecule has 152 valence electrons. The van der Waals surface area contributed by atoms with Crippen molar-refractivity contribution in [1.29, 1.82) is 0 Å². The number of carbonyl (C=O) groups excluding carboxylic acids is 1. The fourth-order valence-corrected chi connectivity index (χ4v) is 4.34. The highest BCUT2D eigenvalue weighted by molar-refractivity contribution is 7.13. The molecule has 3 aromatic rings. The number of para-hydroxylation sites is 1. The van der Waals surface area contributed by atoms with Gasteiger partial charge in [-0.15, -0.1) is 11.3 Å². The summed E-state index contributed by atoms with van der Waals surface area (Å²) < 4.78 is 1.73. The van der Waals surface area contributed by atoms with Gasteiger partial charge in [-0.05, 0) is 19.1 Å². The lowest BCUT2D eigenvalue weighted by Gasteiger charge is -2.39. The number of hydrogen-bond donors (Lipinski definition) is 1. The first kappa shape index (κ1) is 19.6. The van der Waals surface area contributed by atoms with Crippen LogP contribution in [-0.2, 0) is 7.05 Å². The van der Waals surface area contributed by atoms with Crippen LogP contribution in [-0.4, -0.2) is 64.3 Å². The molecule has 0 aliphatic carbocycles. The van der Waals surface area contributed by atoms with Crippen molar-refractivity contribution < 1.29 is 4.79 Å². The molecule has 8 heteroatoms. The van der Waals surface area contributed by atoms with Crippen molar-refractivity contribution in [1.82, 2.24) is 25.0 Å². The van der Waals surface area contributed by atoms with E-state index in [-0.39, 0.29) is 11.9 Å². The first-order valence-corrected chi connectivity index (χ1v) is 10.7. The van der Waals surface area contributed by atoms with Gasteiger partial charge in [0.2, 0.25) is 0 Å². The topological polar surface area (TPSA) is 66.3 Å². The van der Waals surface area contributed by atoms with Gasteiger partial charge in [-0.25, -0.2) is 4.98 Å². The number of benzene rings is 1. The van der Waals surface area contributed by atoms with Crippen LogP contribution in [0, 0.1) is 0 Å². The molecular formula is C21H26N6OS. The smallest absolute Gasteiger partial charge is 0.270 e. The number of hydrogen-bond acceptors (Lipinski definition) is 6. The monoisotopic (exact) mass is 410 g/mol. The molecule has 3 heterocycles. The molecule has 0 bridgehead atoms. The number of nitrogens with zero attached hydrogens (tertiary/aromatic N) is 5. The lowest BCUT2D eigenvalue weighted by Crippen LogP contribution is -2.52.